The molecule has 1 aliphatic heterocycles. The molecular formula is C24H30N2O4S. The van der Waals surface area contributed by atoms with Crippen LogP contribution in [0, 0.1) is 0 Å². The van der Waals surface area contributed by atoms with Crippen LogP contribution >= 0.6 is 0 Å². The number of phenolic OH excluding ortho intramolecular Hbond substituents is 1. The predicted octanol–water partition coefficient (Wildman–Crippen LogP) is 4.39. The molecule has 0 atom stereocenters. The molecule has 0 fully saturated rings. The first-order chi connectivity index (χ1) is 14.1. The Hall–Kier alpha value is -2.64. The molecule has 2 aromatic rings. The molecule has 1 aliphatic rings. The Morgan fingerprint density at radius 1 is 1.00 bits per heavy atom. The van der Waals surface area contributed by atoms with Gasteiger partial charge in [-0.3, -0.25) is 4.79 Å². The molecule has 0 radical (unpaired) electrons. The molecule has 3 N–H and O–H groups in total. The van der Waals surface area contributed by atoms with E-state index in [0.717, 1.165) is 11.1 Å². The maximum atomic E-state index is 12.7. The van der Waals surface area contributed by atoms with Gasteiger partial charge < -0.3 is 10.4 Å². The van der Waals surface area contributed by atoms with Gasteiger partial charge >= 0.3 is 0 Å². The zero-order chi connectivity index (χ0) is 23.4. The van der Waals surface area contributed by atoms with Gasteiger partial charge in [-0.1, -0.05) is 47.6 Å². The van der Waals surface area contributed by atoms with Crippen LogP contribution in [-0.2, 0) is 25.6 Å². The second-order valence-electron chi connectivity index (χ2n) is 9.89. The fourth-order valence-electron chi connectivity index (χ4n) is 3.52. The monoisotopic (exact) mass is 442 g/mol. The number of benzene rings is 2. The summed E-state index contributed by atoms with van der Waals surface area (Å²) >= 11 is 0. The Balaban J connectivity index is 2.26. The van der Waals surface area contributed by atoms with Crippen LogP contribution < -0.4 is 10.0 Å². The quantitative estimate of drug-likeness (QED) is 0.615. The van der Waals surface area contributed by atoms with Gasteiger partial charge in [-0.05, 0) is 53.8 Å². The van der Waals surface area contributed by atoms with E-state index in [2.05, 4.69) is 30.8 Å². The van der Waals surface area contributed by atoms with Crippen LogP contribution in [0.5, 0.6) is 5.75 Å². The van der Waals surface area contributed by atoms with Crippen molar-refractivity contribution in [2.24, 2.45) is 0 Å². The van der Waals surface area contributed by atoms with Crippen LogP contribution in [-0.4, -0.2) is 26.5 Å². The van der Waals surface area contributed by atoms with E-state index >= 15 is 0 Å². The van der Waals surface area contributed by atoms with E-state index in [1.165, 1.54) is 19.2 Å². The third-order valence-electron chi connectivity index (χ3n) is 5.47. The maximum Gasteiger partial charge on any atom is 0.256 e. The SMILES string of the molecule is CNS(=O)(=O)c1ccc2c(c1)C(=Cc1cc(C(C)(C)C)cc(C(C)(C)C)c1O)C(=O)N2. The van der Waals surface area contributed by atoms with Gasteiger partial charge in [0.05, 0.1) is 4.90 Å². The van der Waals surface area contributed by atoms with E-state index in [9.17, 15) is 18.3 Å². The van der Waals surface area contributed by atoms with Crippen molar-refractivity contribution in [1.29, 1.82) is 0 Å². The highest BCUT2D eigenvalue weighted by molar-refractivity contribution is 7.89. The zero-order valence-corrected chi connectivity index (χ0v) is 19.9. The molecule has 0 aliphatic carbocycles. The molecular weight excluding hydrogens is 412 g/mol. The van der Waals surface area contributed by atoms with E-state index < -0.39 is 10.0 Å². The van der Waals surface area contributed by atoms with Crippen molar-refractivity contribution in [3.8, 4) is 5.75 Å². The molecule has 3 rings (SSSR count). The zero-order valence-electron chi connectivity index (χ0n) is 19.0. The summed E-state index contributed by atoms with van der Waals surface area (Å²) in [6.07, 6.45) is 1.64. The minimum absolute atomic E-state index is 0.0687. The minimum atomic E-state index is -3.66. The van der Waals surface area contributed by atoms with Gasteiger partial charge in [0.25, 0.3) is 5.91 Å². The number of sulfonamides is 1. The number of nitrogens with one attached hydrogen (secondary N) is 2. The first-order valence-electron chi connectivity index (χ1n) is 10.1. The van der Waals surface area contributed by atoms with Gasteiger partial charge in [-0.2, -0.15) is 0 Å². The Morgan fingerprint density at radius 3 is 2.19 bits per heavy atom. The number of phenols is 1. The van der Waals surface area contributed by atoms with Crippen LogP contribution in [0.1, 0.15) is 63.8 Å². The van der Waals surface area contributed by atoms with E-state index in [1.807, 2.05) is 32.9 Å². The number of hydrogen-bond acceptors (Lipinski definition) is 4. The van der Waals surface area contributed by atoms with Gasteiger partial charge in [0.15, 0.2) is 0 Å². The van der Waals surface area contributed by atoms with Crippen molar-refractivity contribution in [3.05, 3.63) is 52.6 Å². The molecule has 0 spiro atoms. The molecule has 0 aromatic heterocycles. The van der Waals surface area contributed by atoms with Crippen molar-refractivity contribution in [2.45, 2.75) is 57.3 Å². The van der Waals surface area contributed by atoms with E-state index in [-0.39, 0.29) is 27.4 Å². The Kier molecular flexibility index (Phi) is 5.57. The van der Waals surface area contributed by atoms with Gasteiger partial charge in [0.1, 0.15) is 5.75 Å². The number of rotatable bonds is 3. The standard InChI is InChI=1S/C24H30N2O4S/c1-23(2,3)15-10-14(21(27)19(12-15)24(4,5)6)11-18-17-13-16(31(29,30)25-7)8-9-20(17)26-22(18)28/h8-13,25,27H,1-7H3,(H,26,28). The lowest BCUT2D eigenvalue weighted by atomic mass is 9.78. The Labute approximate surface area is 184 Å². The Bertz CT molecular complexity index is 1200. The second kappa shape index (κ2) is 7.50. The summed E-state index contributed by atoms with van der Waals surface area (Å²) in [5.41, 5.74) is 3.21. The Morgan fingerprint density at radius 2 is 1.65 bits per heavy atom. The highest BCUT2D eigenvalue weighted by atomic mass is 32.2. The number of carbonyl (C=O) groups is 1. The lowest BCUT2D eigenvalue weighted by molar-refractivity contribution is -0.110. The molecule has 0 saturated carbocycles. The van der Waals surface area contributed by atoms with Crippen LogP contribution in [0.25, 0.3) is 11.6 Å². The average Bonchev–Trinajstić information content (AvgIpc) is 2.96. The highest BCUT2D eigenvalue weighted by Gasteiger charge is 2.29. The molecule has 2 aromatic carbocycles. The van der Waals surface area contributed by atoms with Crippen molar-refractivity contribution < 1.29 is 18.3 Å². The van der Waals surface area contributed by atoms with E-state index in [4.69, 9.17) is 0 Å². The average molecular weight is 443 g/mol. The van der Waals surface area contributed by atoms with Crippen molar-refractivity contribution in [1.82, 2.24) is 4.72 Å². The first kappa shape index (κ1) is 23.0. The lowest BCUT2D eigenvalue weighted by Crippen LogP contribution is -2.18. The lowest BCUT2D eigenvalue weighted by Gasteiger charge is -2.27. The summed E-state index contributed by atoms with van der Waals surface area (Å²) in [5, 5.41) is 13.8. The van der Waals surface area contributed by atoms with Crippen molar-refractivity contribution >= 4 is 33.3 Å². The fraction of sp³-hybridized carbons (Fsp3) is 0.375. The number of fused-ring (bicyclic) bond motifs is 1. The second-order valence-corrected chi connectivity index (χ2v) is 11.8. The summed E-state index contributed by atoms with van der Waals surface area (Å²) in [6.45, 7) is 12.4. The summed E-state index contributed by atoms with van der Waals surface area (Å²) in [5.74, 6) is -0.222. The van der Waals surface area contributed by atoms with E-state index in [1.54, 1.807) is 12.1 Å². The van der Waals surface area contributed by atoms with Gasteiger partial charge in [0.2, 0.25) is 10.0 Å². The fourth-order valence-corrected chi connectivity index (χ4v) is 4.28. The molecule has 0 saturated heterocycles. The number of carbonyl (C=O) groups excluding carboxylic acids is 1. The predicted molar refractivity (Wildman–Crippen MR) is 125 cm³/mol. The van der Waals surface area contributed by atoms with Crippen molar-refractivity contribution in [3.63, 3.8) is 0 Å². The smallest absolute Gasteiger partial charge is 0.256 e. The third kappa shape index (κ3) is 4.38. The summed E-state index contributed by atoms with van der Waals surface area (Å²) < 4.78 is 26.8. The van der Waals surface area contributed by atoms with Crippen LogP contribution in [0.4, 0.5) is 5.69 Å². The van der Waals surface area contributed by atoms with Gasteiger partial charge in [-0.25, -0.2) is 13.1 Å². The molecule has 1 heterocycles. The first-order valence-corrected chi connectivity index (χ1v) is 11.6. The van der Waals surface area contributed by atoms with Crippen LogP contribution in [0.2, 0.25) is 0 Å². The largest absolute Gasteiger partial charge is 0.507 e. The number of aromatic hydroxyl groups is 1. The molecule has 7 heteroatoms. The van der Waals surface area contributed by atoms with Gasteiger partial charge in [-0.15, -0.1) is 0 Å². The molecule has 166 valence electrons. The van der Waals surface area contributed by atoms with Gasteiger partial charge in [0, 0.05) is 28.0 Å². The molecule has 31 heavy (non-hydrogen) atoms. The minimum Gasteiger partial charge on any atom is -0.507 e. The van der Waals surface area contributed by atoms with Crippen LogP contribution in [0.3, 0.4) is 0 Å². The molecule has 0 bridgehead atoms. The summed E-state index contributed by atoms with van der Waals surface area (Å²) in [6, 6.07) is 8.39. The topological polar surface area (TPSA) is 95.5 Å². The van der Waals surface area contributed by atoms with Crippen LogP contribution in [0.15, 0.2) is 35.2 Å². The molecule has 0 unspecified atom stereocenters. The summed E-state index contributed by atoms with van der Waals surface area (Å²) in [4.78, 5) is 12.8. The van der Waals surface area contributed by atoms with E-state index in [0.29, 0.717) is 22.4 Å². The maximum absolute atomic E-state index is 12.7. The number of hydrogen-bond donors (Lipinski definition) is 3. The summed E-state index contributed by atoms with van der Waals surface area (Å²) in [7, 11) is -2.32. The third-order valence-corrected chi connectivity index (χ3v) is 6.88. The molecule has 1 amide bonds. The number of amides is 1. The normalized spacial score (nSPS) is 15.8. The number of anilines is 1. The highest BCUT2D eigenvalue weighted by Crippen LogP contribution is 2.41. The molecule has 6 nitrogen and oxygen atoms in total. The van der Waals surface area contributed by atoms with Crippen molar-refractivity contribution in [2.75, 3.05) is 12.4 Å².